The molecule has 90 valence electrons. The van der Waals surface area contributed by atoms with Gasteiger partial charge >= 0.3 is 5.97 Å². The number of aromatic nitrogens is 2. The number of carbonyl (C=O) groups is 1. The highest BCUT2D eigenvalue weighted by molar-refractivity contribution is 7.09. The van der Waals surface area contributed by atoms with E-state index in [1.54, 1.807) is 12.1 Å². The lowest BCUT2D eigenvalue weighted by atomic mass is 10.1. The number of fused-ring (bicyclic) bond motifs is 1. The molecule has 0 unspecified atom stereocenters. The third-order valence-corrected chi connectivity index (χ3v) is 3.35. The summed E-state index contributed by atoms with van der Waals surface area (Å²) in [5.74, 6) is -0.974. The first-order chi connectivity index (χ1) is 8.65. The minimum Gasteiger partial charge on any atom is -0.478 e. The smallest absolute Gasteiger partial charge is 0.335 e. The van der Waals surface area contributed by atoms with Gasteiger partial charge in [-0.1, -0.05) is 5.16 Å². The van der Waals surface area contributed by atoms with Crippen molar-refractivity contribution in [3.8, 4) is 11.4 Å². The normalized spacial score (nSPS) is 10.9. The molecular formula is C12H8N2O3S. The summed E-state index contributed by atoms with van der Waals surface area (Å²) in [6, 6.07) is 4.65. The molecule has 3 aromatic rings. The zero-order valence-electron chi connectivity index (χ0n) is 9.38. The molecule has 0 fully saturated rings. The fourth-order valence-corrected chi connectivity index (χ4v) is 2.33. The maximum atomic E-state index is 11.0. The number of hydrogen-bond donors (Lipinski definition) is 1. The second-order valence-corrected chi connectivity index (χ2v) is 4.86. The molecule has 0 saturated carbocycles. The van der Waals surface area contributed by atoms with E-state index in [1.165, 1.54) is 17.4 Å². The molecule has 0 aliphatic carbocycles. The fourth-order valence-electron chi connectivity index (χ4n) is 1.73. The van der Waals surface area contributed by atoms with E-state index in [4.69, 9.17) is 9.63 Å². The van der Waals surface area contributed by atoms with Gasteiger partial charge in [0, 0.05) is 5.38 Å². The number of hydrogen-bond acceptors (Lipinski definition) is 5. The summed E-state index contributed by atoms with van der Waals surface area (Å²) < 4.78 is 5.17. The molecule has 5 nitrogen and oxygen atoms in total. The van der Waals surface area contributed by atoms with Gasteiger partial charge in [-0.25, -0.2) is 9.78 Å². The molecule has 0 atom stereocenters. The van der Waals surface area contributed by atoms with Crippen LogP contribution in [0.25, 0.3) is 22.4 Å². The van der Waals surface area contributed by atoms with Crippen LogP contribution in [0.2, 0.25) is 0 Å². The van der Waals surface area contributed by atoms with Crippen molar-refractivity contribution in [2.75, 3.05) is 0 Å². The van der Waals surface area contributed by atoms with Crippen LogP contribution in [0.1, 0.15) is 15.4 Å². The van der Waals surface area contributed by atoms with E-state index < -0.39 is 5.97 Å². The van der Waals surface area contributed by atoms with Crippen LogP contribution in [0.5, 0.6) is 0 Å². The Hall–Kier alpha value is -2.21. The van der Waals surface area contributed by atoms with E-state index in [1.807, 2.05) is 12.3 Å². The molecular weight excluding hydrogens is 252 g/mol. The number of aryl methyl sites for hydroxylation is 1. The predicted molar refractivity (Wildman–Crippen MR) is 66.8 cm³/mol. The summed E-state index contributed by atoms with van der Waals surface area (Å²) in [5, 5.41) is 16.4. The summed E-state index contributed by atoms with van der Waals surface area (Å²) in [6.45, 7) is 1.90. The van der Waals surface area contributed by atoms with Gasteiger partial charge in [0.15, 0.2) is 5.58 Å². The van der Waals surface area contributed by atoms with E-state index in [-0.39, 0.29) is 5.56 Å². The van der Waals surface area contributed by atoms with Crippen molar-refractivity contribution in [1.82, 2.24) is 10.1 Å². The van der Waals surface area contributed by atoms with Crippen LogP contribution in [0.3, 0.4) is 0 Å². The van der Waals surface area contributed by atoms with Crippen LogP contribution >= 0.6 is 11.3 Å². The molecule has 0 bridgehead atoms. The SMILES string of the molecule is Cc1nc(-c2noc3ccc(C(=O)O)cc23)cs1. The van der Waals surface area contributed by atoms with E-state index in [0.29, 0.717) is 22.4 Å². The molecule has 0 amide bonds. The Morgan fingerprint density at radius 1 is 1.44 bits per heavy atom. The third-order valence-electron chi connectivity index (χ3n) is 2.58. The molecule has 6 heteroatoms. The number of thiazole rings is 1. The molecule has 1 aromatic carbocycles. The Labute approximate surface area is 106 Å². The summed E-state index contributed by atoms with van der Waals surface area (Å²) in [5.41, 5.74) is 2.05. The van der Waals surface area contributed by atoms with Crippen LogP contribution < -0.4 is 0 Å². The van der Waals surface area contributed by atoms with E-state index in [2.05, 4.69) is 10.1 Å². The molecule has 2 heterocycles. The van der Waals surface area contributed by atoms with Gasteiger partial charge < -0.3 is 9.63 Å². The largest absolute Gasteiger partial charge is 0.478 e. The summed E-state index contributed by atoms with van der Waals surface area (Å²) >= 11 is 1.51. The van der Waals surface area contributed by atoms with Crippen molar-refractivity contribution in [2.24, 2.45) is 0 Å². The highest BCUT2D eigenvalue weighted by Crippen LogP contribution is 2.29. The predicted octanol–water partition coefficient (Wildman–Crippen LogP) is 2.96. The number of benzene rings is 1. The standard InChI is InChI=1S/C12H8N2O3S/c1-6-13-9(5-18-6)11-8-4-7(12(15)16)2-3-10(8)17-14-11/h2-5H,1H3,(H,15,16). The maximum absolute atomic E-state index is 11.0. The number of nitrogens with zero attached hydrogens (tertiary/aromatic N) is 2. The monoisotopic (exact) mass is 260 g/mol. The van der Waals surface area contributed by atoms with E-state index >= 15 is 0 Å². The van der Waals surface area contributed by atoms with Crippen molar-refractivity contribution in [2.45, 2.75) is 6.92 Å². The number of carboxylic acids is 1. The first-order valence-corrected chi connectivity index (χ1v) is 6.08. The fraction of sp³-hybridized carbons (Fsp3) is 0.0833. The van der Waals surface area contributed by atoms with Gasteiger partial charge in [0.05, 0.1) is 16.0 Å². The second-order valence-electron chi connectivity index (χ2n) is 3.80. The van der Waals surface area contributed by atoms with Gasteiger partial charge in [-0.2, -0.15) is 0 Å². The van der Waals surface area contributed by atoms with E-state index in [9.17, 15) is 4.79 Å². The molecule has 0 aliphatic heterocycles. The Morgan fingerprint density at radius 2 is 2.28 bits per heavy atom. The minimum atomic E-state index is -0.974. The lowest BCUT2D eigenvalue weighted by Gasteiger charge is -1.94. The van der Waals surface area contributed by atoms with Crippen molar-refractivity contribution in [3.05, 3.63) is 34.2 Å². The molecule has 3 rings (SSSR count). The summed E-state index contributed by atoms with van der Waals surface area (Å²) in [7, 11) is 0. The van der Waals surface area contributed by atoms with Gasteiger partial charge in [0.1, 0.15) is 11.4 Å². The molecule has 1 N–H and O–H groups in total. The Kier molecular flexibility index (Phi) is 2.38. The third kappa shape index (κ3) is 1.67. The molecule has 18 heavy (non-hydrogen) atoms. The van der Waals surface area contributed by atoms with Crippen LogP contribution in [-0.4, -0.2) is 21.2 Å². The van der Waals surface area contributed by atoms with Crippen molar-refractivity contribution in [3.63, 3.8) is 0 Å². The number of aromatic carboxylic acids is 1. The maximum Gasteiger partial charge on any atom is 0.335 e. The molecule has 0 radical (unpaired) electrons. The lowest BCUT2D eigenvalue weighted by molar-refractivity contribution is 0.0697. The first-order valence-electron chi connectivity index (χ1n) is 5.20. The van der Waals surface area contributed by atoms with Gasteiger partial charge in [-0.05, 0) is 25.1 Å². The minimum absolute atomic E-state index is 0.207. The first kappa shape index (κ1) is 10.9. The van der Waals surface area contributed by atoms with Gasteiger partial charge in [-0.3, -0.25) is 0 Å². The molecule has 2 aromatic heterocycles. The quantitative estimate of drug-likeness (QED) is 0.766. The molecule has 0 spiro atoms. The lowest BCUT2D eigenvalue weighted by Crippen LogP contribution is -1.94. The van der Waals surface area contributed by atoms with Crippen LogP contribution in [0, 0.1) is 6.92 Å². The zero-order valence-corrected chi connectivity index (χ0v) is 10.2. The van der Waals surface area contributed by atoms with Crippen LogP contribution in [0.15, 0.2) is 28.1 Å². The van der Waals surface area contributed by atoms with Crippen molar-refractivity contribution >= 4 is 28.3 Å². The van der Waals surface area contributed by atoms with Crippen molar-refractivity contribution < 1.29 is 14.4 Å². The van der Waals surface area contributed by atoms with Crippen molar-refractivity contribution in [1.29, 1.82) is 0 Å². The summed E-state index contributed by atoms with van der Waals surface area (Å²) in [6.07, 6.45) is 0. The Bertz CT molecular complexity index is 745. The second kappa shape index (κ2) is 3.92. The average Bonchev–Trinajstić information content (AvgIpc) is 2.93. The van der Waals surface area contributed by atoms with Gasteiger partial charge in [0.25, 0.3) is 0 Å². The molecule has 0 aliphatic rings. The molecule has 0 saturated heterocycles. The zero-order chi connectivity index (χ0) is 12.7. The van der Waals surface area contributed by atoms with Crippen LogP contribution in [-0.2, 0) is 0 Å². The number of rotatable bonds is 2. The Balaban J connectivity index is 2.23. The average molecular weight is 260 g/mol. The highest BCUT2D eigenvalue weighted by Gasteiger charge is 2.15. The topological polar surface area (TPSA) is 76.2 Å². The summed E-state index contributed by atoms with van der Waals surface area (Å²) in [4.78, 5) is 15.3. The van der Waals surface area contributed by atoms with Gasteiger partial charge in [-0.15, -0.1) is 11.3 Å². The van der Waals surface area contributed by atoms with Crippen LogP contribution in [0.4, 0.5) is 0 Å². The Morgan fingerprint density at radius 3 is 2.94 bits per heavy atom. The highest BCUT2D eigenvalue weighted by atomic mass is 32.1. The number of carboxylic acid groups (broad SMARTS) is 1. The van der Waals surface area contributed by atoms with Gasteiger partial charge in [0.2, 0.25) is 0 Å². The van der Waals surface area contributed by atoms with E-state index in [0.717, 1.165) is 5.01 Å².